The van der Waals surface area contributed by atoms with Gasteiger partial charge in [-0.05, 0) is 43.4 Å². The van der Waals surface area contributed by atoms with Crippen molar-refractivity contribution in [3.8, 4) is 0 Å². The number of fused-ring (bicyclic) bond motifs is 1. The van der Waals surface area contributed by atoms with Gasteiger partial charge in [0.2, 0.25) is 5.82 Å². The van der Waals surface area contributed by atoms with E-state index in [4.69, 9.17) is 0 Å². The molecule has 0 spiro atoms. The summed E-state index contributed by atoms with van der Waals surface area (Å²) >= 11 is 0. The molecule has 0 radical (unpaired) electrons. The van der Waals surface area contributed by atoms with Crippen molar-refractivity contribution >= 4 is 17.3 Å². The van der Waals surface area contributed by atoms with Crippen molar-refractivity contribution in [3.63, 3.8) is 0 Å². The maximum absolute atomic E-state index is 12.8. The van der Waals surface area contributed by atoms with Crippen LogP contribution >= 0.6 is 0 Å². The zero-order chi connectivity index (χ0) is 19.3. The number of aromatic nitrogens is 2. The third-order valence-electron chi connectivity index (χ3n) is 5.12. The van der Waals surface area contributed by atoms with Crippen molar-refractivity contribution in [1.29, 1.82) is 0 Å². The van der Waals surface area contributed by atoms with Gasteiger partial charge < -0.3 is 10.2 Å². The molecule has 144 valence electrons. The highest BCUT2D eigenvalue weighted by molar-refractivity contribution is 6.02. The number of likely N-dealkylation sites (tertiary alicyclic amines) is 1. The minimum atomic E-state index is -0.239. The van der Waals surface area contributed by atoms with Crippen LogP contribution in [0.1, 0.15) is 45.9 Å². The van der Waals surface area contributed by atoms with Crippen LogP contribution in [0.5, 0.6) is 0 Å². The molecule has 1 aliphatic rings. The molecule has 0 bridgehead atoms. The molecule has 4 rings (SSSR count). The summed E-state index contributed by atoms with van der Waals surface area (Å²) < 4.78 is 1.72. The predicted octanol–water partition coefficient (Wildman–Crippen LogP) is 2.93. The van der Waals surface area contributed by atoms with Crippen LogP contribution in [0.2, 0.25) is 0 Å². The molecule has 0 atom stereocenters. The van der Waals surface area contributed by atoms with Crippen LogP contribution in [-0.4, -0.2) is 45.7 Å². The highest BCUT2D eigenvalue weighted by Gasteiger charge is 2.26. The number of imidazole rings is 1. The summed E-state index contributed by atoms with van der Waals surface area (Å²) in [4.78, 5) is 31.8. The Kier molecular flexibility index (Phi) is 5.37. The van der Waals surface area contributed by atoms with E-state index in [0.717, 1.165) is 38.8 Å². The lowest BCUT2D eigenvalue weighted by atomic mass is 10.1. The van der Waals surface area contributed by atoms with Gasteiger partial charge in [-0.15, -0.1) is 0 Å². The zero-order valence-corrected chi connectivity index (χ0v) is 15.8. The van der Waals surface area contributed by atoms with Gasteiger partial charge in [0.25, 0.3) is 11.8 Å². The minimum absolute atomic E-state index is 0.109. The molecule has 1 saturated heterocycles. The van der Waals surface area contributed by atoms with Crippen LogP contribution in [0, 0.1) is 0 Å². The molecule has 6 nitrogen and oxygen atoms in total. The van der Waals surface area contributed by atoms with Crippen molar-refractivity contribution in [1.82, 2.24) is 19.6 Å². The molecular formula is C22H24N4O2. The number of pyridine rings is 1. The van der Waals surface area contributed by atoms with Crippen LogP contribution < -0.4 is 5.32 Å². The fraction of sp³-hybridized carbons (Fsp3) is 0.318. The van der Waals surface area contributed by atoms with Crippen LogP contribution in [0.15, 0.2) is 54.7 Å². The number of amides is 2. The van der Waals surface area contributed by atoms with E-state index in [9.17, 15) is 9.59 Å². The Labute approximate surface area is 164 Å². The number of hydrogen-bond donors (Lipinski definition) is 1. The first-order chi connectivity index (χ1) is 13.7. The average Bonchev–Trinajstić information content (AvgIpc) is 3.40. The van der Waals surface area contributed by atoms with Gasteiger partial charge in [0.05, 0.1) is 5.52 Å². The summed E-state index contributed by atoms with van der Waals surface area (Å²) in [6.45, 7) is 2.07. The lowest BCUT2D eigenvalue weighted by Gasteiger charge is -2.13. The quantitative estimate of drug-likeness (QED) is 0.673. The molecule has 1 fully saturated rings. The van der Waals surface area contributed by atoms with Crippen molar-refractivity contribution in [3.05, 3.63) is 71.8 Å². The Morgan fingerprint density at radius 3 is 2.54 bits per heavy atom. The first-order valence-corrected chi connectivity index (χ1v) is 9.82. The van der Waals surface area contributed by atoms with E-state index >= 15 is 0 Å². The van der Waals surface area contributed by atoms with E-state index < -0.39 is 0 Å². The Hall–Kier alpha value is -3.15. The molecule has 1 aromatic carbocycles. The normalized spacial score (nSPS) is 13.8. The molecule has 2 aromatic heterocycles. The molecule has 0 aliphatic carbocycles. The van der Waals surface area contributed by atoms with E-state index in [1.807, 2.05) is 41.3 Å². The van der Waals surface area contributed by atoms with Crippen LogP contribution in [0.3, 0.4) is 0 Å². The molecular weight excluding hydrogens is 352 g/mol. The smallest absolute Gasteiger partial charge is 0.290 e. The summed E-state index contributed by atoms with van der Waals surface area (Å²) in [5.74, 6) is -0.0361. The van der Waals surface area contributed by atoms with Crippen molar-refractivity contribution in [2.24, 2.45) is 0 Å². The minimum Gasteiger partial charge on any atom is -0.351 e. The largest absolute Gasteiger partial charge is 0.351 e. The van der Waals surface area contributed by atoms with Gasteiger partial charge in [0.1, 0.15) is 0 Å². The molecule has 0 unspecified atom stereocenters. The van der Waals surface area contributed by atoms with E-state index in [2.05, 4.69) is 22.4 Å². The van der Waals surface area contributed by atoms with Gasteiger partial charge in [0, 0.05) is 25.8 Å². The Morgan fingerprint density at radius 2 is 1.75 bits per heavy atom. The second kappa shape index (κ2) is 8.25. The standard InChI is InChI=1S/C22H24N4O2/c27-21(23-13-8-11-17-9-2-1-3-10-17)19-18-12-4-5-16-26(18)20(24-19)22(28)25-14-6-7-15-25/h1-5,9-10,12,16H,6-8,11,13-15H2,(H,23,27). The summed E-state index contributed by atoms with van der Waals surface area (Å²) in [6.07, 6.45) is 5.58. The molecule has 1 aliphatic heterocycles. The third kappa shape index (κ3) is 3.76. The molecule has 28 heavy (non-hydrogen) atoms. The third-order valence-corrected chi connectivity index (χ3v) is 5.12. The van der Waals surface area contributed by atoms with Crippen LogP contribution in [0.4, 0.5) is 0 Å². The van der Waals surface area contributed by atoms with Crippen molar-refractivity contribution in [2.75, 3.05) is 19.6 Å². The summed E-state index contributed by atoms with van der Waals surface area (Å²) in [5, 5.41) is 2.94. The van der Waals surface area contributed by atoms with E-state index in [-0.39, 0.29) is 11.8 Å². The second-order valence-electron chi connectivity index (χ2n) is 7.08. The highest BCUT2D eigenvalue weighted by Crippen LogP contribution is 2.17. The number of carbonyl (C=O) groups excluding carboxylic acids is 2. The van der Waals surface area contributed by atoms with E-state index in [1.165, 1.54) is 5.56 Å². The maximum atomic E-state index is 12.8. The Morgan fingerprint density at radius 1 is 1.00 bits per heavy atom. The van der Waals surface area contributed by atoms with Crippen LogP contribution in [-0.2, 0) is 6.42 Å². The lowest BCUT2D eigenvalue weighted by molar-refractivity contribution is 0.0780. The molecule has 1 N–H and O–H groups in total. The number of aryl methyl sites for hydroxylation is 1. The second-order valence-corrected chi connectivity index (χ2v) is 7.08. The first kappa shape index (κ1) is 18.2. The molecule has 2 amide bonds. The number of rotatable bonds is 6. The summed E-state index contributed by atoms with van der Waals surface area (Å²) in [7, 11) is 0. The highest BCUT2D eigenvalue weighted by atomic mass is 16.2. The number of carbonyl (C=O) groups is 2. The number of nitrogens with zero attached hydrogens (tertiary/aromatic N) is 3. The Bertz CT molecular complexity index is 975. The summed E-state index contributed by atoms with van der Waals surface area (Å²) in [5.41, 5.74) is 2.22. The van der Waals surface area contributed by atoms with Crippen molar-refractivity contribution < 1.29 is 9.59 Å². The zero-order valence-electron chi connectivity index (χ0n) is 15.8. The van der Waals surface area contributed by atoms with Gasteiger partial charge in [-0.2, -0.15) is 0 Å². The summed E-state index contributed by atoms with van der Waals surface area (Å²) in [6, 6.07) is 15.7. The van der Waals surface area contributed by atoms with Gasteiger partial charge in [-0.25, -0.2) is 4.98 Å². The number of benzene rings is 1. The SMILES string of the molecule is O=C(NCCCc1ccccc1)c1nc(C(=O)N2CCCC2)n2ccccc12. The Balaban J connectivity index is 1.47. The molecule has 3 aromatic rings. The number of nitrogens with one attached hydrogen (secondary N) is 1. The maximum Gasteiger partial charge on any atom is 0.290 e. The van der Waals surface area contributed by atoms with Gasteiger partial charge >= 0.3 is 0 Å². The monoisotopic (exact) mass is 376 g/mol. The van der Waals surface area contributed by atoms with E-state index in [1.54, 1.807) is 10.6 Å². The predicted molar refractivity (Wildman–Crippen MR) is 107 cm³/mol. The molecule has 3 heterocycles. The molecule has 6 heteroatoms. The molecule has 0 saturated carbocycles. The lowest BCUT2D eigenvalue weighted by Crippen LogP contribution is -2.29. The first-order valence-electron chi connectivity index (χ1n) is 9.82. The van der Waals surface area contributed by atoms with Gasteiger partial charge in [-0.3, -0.25) is 14.0 Å². The van der Waals surface area contributed by atoms with Gasteiger partial charge in [0.15, 0.2) is 5.69 Å². The van der Waals surface area contributed by atoms with E-state index in [0.29, 0.717) is 23.6 Å². The topological polar surface area (TPSA) is 66.7 Å². The average molecular weight is 376 g/mol. The fourth-order valence-electron chi connectivity index (χ4n) is 3.64. The van der Waals surface area contributed by atoms with Crippen LogP contribution in [0.25, 0.3) is 5.52 Å². The fourth-order valence-corrected chi connectivity index (χ4v) is 3.64. The van der Waals surface area contributed by atoms with Crippen molar-refractivity contribution in [2.45, 2.75) is 25.7 Å². The number of hydrogen-bond acceptors (Lipinski definition) is 3. The van der Waals surface area contributed by atoms with Gasteiger partial charge in [-0.1, -0.05) is 36.4 Å².